The van der Waals surface area contributed by atoms with Gasteiger partial charge in [-0.05, 0) is 38.3 Å². The smallest absolute Gasteiger partial charge is 0.245 e. The molecule has 0 radical (unpaired) electrons. The number of quaternary nitrogens is 1. The molecule has 1 aromatic carbocycles. The average molecular weight is 561 g/mol. The molecule has 1 aromatic rings. The first kappa shape index (κ1) is 29.7. The number of hydrogen-bond donors (Lipinski definition) is 2. The Morgan fingerprint density at radius 1 is 1.13 bits per heavy atom. The van der Waals surface area contributed by atoms with Gasteiger partial charge in [-0.3, -0.25) is 14.4 Å². The summed E-state index contributed by atoms with van der Waals surface area (Å²) in [6.45, 7) is 3.20. The van der Waals surface area contributed by atoms with E-state index in [2.05, 4.69) is 10.6 Å². The molecule has 2 heterocycles. The number of nitrogens with zero attached hydrogens (tertiary/aromatic N) is 3. The van der Waals surface area contributed by atoms with Crippen molar-refractivity contribution in [3.63, 3.8) is 0 Å². The third-order valence-electron chi connectivity index (χ3n) is 9.43. The van der Waals surface area contributed by atoms with Crippen LogP contribution in [0.4, 0.5) is 0 Å². The molecule has 1 saturated carbocycles. The number of carbonyl (C=O) groups is 3. The maximum atomic E-state index is 14.3. The van der Waals surface area contributed by atoms with Crippen molar-refractivity contribution in [3.05, 3.63) is 35.9 Å². The van der Waals surface area contributed by atoms with Gasteiger partial charge in [0.05, 0.1) is 19.3 Å². The van der Waals surface area contributed by atoms with Crippen LogP contribution in [0.1, 0.15) is 51.0 Å². The van der Waals surface area contributed by atoms with Gasteiger partial charge in [-0.2, -0.15) is 4.21 Å². The first-order valence-electron chi connectivity index (χ1n) is 14.3. The average Bonchev–Trinajstić information content (AvgIpc) is 3.51. The highest BCUT2D eigenvalue weighted by Gasteiger charge is 2.63. The van der Waals surface area contributed by atoms with Gasteiger partial charge in [-0.25, -0.2) is 3.89 Å². The van der Waals surface area contributed by atoms with Crippen LogP contribution >= 0.6 is 0 Å². The minimum absolute atomic E-state index is 0.0251. The normalized spacial score (nSPS) is 29.4. The summed E-state index contributed by atoms with van der Waals surface area (Å²) >= 11 is 0. The van der Waals surface area contributed by atoms with E-state index in [0.717, 1.165) is 37.7 Å². The number of amides is 3. The maximum absolute atomic E-state index is 14.3. The Morgan fingerprint density at radius 3 is 2.41 bits per heavy atom. The summed E-state index contributed by atoms with van der Waals surface area (Å²) in [5.74, 6) is -0.680. The number of likely N-dealkylation sites (N-methyl/N-ethyl adjacent to an activating group) is 2. The molecule has 0 aromatic heterocycles. The summed E-state index contributed by atoms with van der Waals surface area (Å²) in [6.07, 6.45) is 7.45. The lowest BCUT2D eigenvalue weighted by molar-refractivity contribution is -0.794. The van der Waals surface area contributed by atoms with E-state index < -0.39 is 29.0 Å². The van der Waals surface area contributed by atoms with E-state index in [1.165, 1.54) is 0 Å². The molecular weight excluding hydrogens is 514 g/mol. The zero-order valence-corrected chi connectivity index (χ0v) is 24.9. The summed E-state index contributed by atoms with van der Waals surface area (Å²) in [4.78, 5) is 44.8. The number of hydrogen-bond acceptors (Lipinski definition) is 5. The summed E-state index contributed by atoms with van der Waals surface area (Å²) < 4.78 is 13.3. The molecule has 3 aliphatic rings. The Balaban J connectivity index is 1.62. The van der Waals surface area contributed by atoms with E-state index in [9.17, 15) is 18.6 Å². The lowest BCUT2D eigenvalue weighted by atomic mass is 9.83. The summed E-state index contributed by atoms with van der Waals surface area (Å²) in [6, 6.07) is 8.41. The second kappa shape index (κ2) is 12.5. The van der Waals surface area contributed by atoms with Gasteiger partial charge >= 0.3 is 0 Å². The molecule has 2 unspecified atom stereocenters. The molecule has 2 saturated heterocycles. The van der Waals surface area contributed by atoms with Gasteiger partial charge in [0.2, 0.25) is 28.7 Å². The summed E-state index contributed by atoms with van der Waals surface area (Å²) in [5.41, 5.74) is 1.04. The van der Waals surface area contributed by atoms with Crippen LogP contribution in [-0.2, 0) is 31.9 Å². The van der Waals surface area contributed by atoms with Gasteiger partial charge in [-0.15, -0.1) is 0 Å². The Hall–Kier alpha value is -2.30. The van der Waals surface area contributed by atoms with Crippen molar-refractivity contribution in [1.29, 1.82) is 0 Å². The van der Waals surface area contributed by atoms with Crippen molar-refractivity contribution >= 4 is 28.7 Å². The van der Waals surface area contributed by atoms with E-state index in [1.54, 1.807) is 32.2 Å². The quantitative estimate of drug-likeness (QED) is 0.448. The molecule has 10 heteroatoms. The highest BCUT2D eigenvalue weighted by atomic mass is 32.2. The fourth-order valence-corrected chi connectivity index (χ4v) is 7.93. The Morgan fingerprint density at radius 2 is 1.79 bits per heavy atom. The highest BCUT2D eigenvalue weighted by Crippen LogP contribution is 2.42. The topological polar surface area (TPSA) is 98.8 Å². The standard InChI is InChI=1S/C29H45N5O4S/c1-20(30-2)27(35)31-25(22-14-10-7-11-15-22)29(37)33-17-16-24-26(33)23(19-34(24,4)39(5)38)28(36)32(3)18-21-12-8-6-9-13-21/h6,8-9,12-13,20,22-26,30H,7,10-11,14-19H2,1-5H3/p+1/t20-,23-,24+,25-,26+,34?,39?/m0/s1. The molecule has 216 valence electrons. The van der Waals surface area contributed by atoms with Crippen LogP contribution in [0.25, 0.3) is 0 Å². The largest absolute Gasteiger partial charge is 0.343 e. The van der Waals surface area contributed by atoms with Crippen LogP contribution in [0.2, 0.25) is 0 Å². The third-order valence-corrected chi connectivity index (χ3v) is 11.0. The molecule has 3 amide bonds. The minimum atomic E-state index is -1.21. The number of fused-ring (bicyclic) bond motifs is 1. The Bertz CT molecular complexity index is 1070. The molecule has 2 N–H and O–H groups in total. The van der Waals surface area contributed by atoms with Crippen molar-refractivity contribution in [2.75, 3.05) is 40.5 Å². The lowest BCUT2D eigenvalue weighted by Crippen LogP contribution is -2.58. The summed E-state index contributed by atoms with van der Waals surface area (Å²) in [7, 11) is 4.29. The SMILES string of the molecule is CN[C@@H](C)C(=O)N[C@H](C(=O)N1CC[C@@H]2[C@H]1[C@@H](C(=O)N(C)Cc1ccccc1)C[N+]2(C)S(C)=O)C1CCCCC1. The van der Waals surface area contributed by atoms with Crippen LogP contribution in [0, 0.1) is 11.8 Å². The van der Waals surface area contributed by atoms with Gasteiger partial charge in [0, 0.05) is 26.6 Å². The monoisotopic (exact) mass is 560 g/mol. The molecule has 1 aliphatic carbocycles. The van der Waals surface area contributed by atoms with E-state index in [-0.39, 0.29) is 39.6 Å². The fourth-order valence-electron chi connectivity index (χ4n) is 6.95. The molecular formula is C29H46N5O4S+. The Labute approximate surface area is 235 Å². The predicted octanol–water partition coefficient (Wildman–Crippen LogP) is 1.66. The first-order chi connectivity index (χ1) is 18.6. The van der Waals surface area contributed by atoms with Crippen molar-refractivity contribution in [1.82, 2.24) is 20.4 Å². The predicted molar refractivity (Wildman–Crippen MR) is 152 cm³/mol. The van der Waals surface area contributed by atoms with Crippen LogP contribution in [0.5, 0.6) is 0 Å². The number of nitrogens with one attached hydrogen (secondary N) is 2. The molecule has 0 spiro atoms. The number of carbonyl (C=O) groups excluding carboxylic acids is 3. The second-order valence-corrected chi connectivity index (χ2v) is 13.5. The molecule has 9 nitrogen and oxygen atoms in total. The van der Waals surface area contributed by atoms with E-state index in [0.29, 0.717) is 26.1 Å². The molecule has 2 aliphatic heterocycles. The maximum Gasteiger partial charge on any atom is 0.245 e. The minimum Gasteiger partial charge on any atom is -0.343 e. The summed E-state index contributed by atoms with van der Waals surface area (Å²) in [5, 5.41) is 6.06. The van der Waals surface area contributed by atoms with Crippen molar-refractivity contribution in [2.45, 2.75) is 76.2 Å². The highest BCUT2D eigenvalue weighted by molar-refractivity contribution is 7.78. The van der Waals surface area contributed by atoms with Gasteiger partial charge in [0.15, 0.2) is 0 Å². The van der Waals surface area contributed by atoms with E-state index >= 15 is 0 Å². The van der Waals surface area contributed by atoms with Crippen LogP contribution in [-0.4, -0.2) is 100 Å². The van der Waals surface area contributed by atoms with Gasteiger partial charge < -0.3 is 20.4 Å². The van der Waals surface area contributed by atoms with Crippen LogP contribution < -0.4 is 10.6 Å². The molecule has 39 heavy (non-hydrogen) atoms. The fraction of sp³-hybridized carbons (Fsp3) is 0.690. The zero-order valence-electron chi connectivity index (χ0n) is 24.1. The lowest BCUT2D eigenvalue weighted by Gasteiger charge is -2.36. The zero-order chi connectivity index (χ0) is 28.3. The van der Waals surface area contributed by atoms with Gasteiger partial charge in [-0.1, -0.05) is 49.6 Å². The van der Waals surface area contributed by atoms with Crippen LogP contribution in [0.3, 0.4) is 0 Å². The van der Waals surface area contributed by atoms with E-state index in [4.69, 9.17) is 0 Å². The number of likely N-dealkylation sites (tertiary alicyclic amines) is 2. The second-order valence-electron chi connectivity index (χ2n) is 11.8. The molecule has 7 atom stereocenters. The van der Waals surface area contributed by atoms with Crippen molar-refractivity contribution in [2.24, 2.45) is 11.8 Å². The van der Waals surface area contributed by atoms with Crippen molar-refractivity contribution < 1.29 is 22.5 Å². The molecule has 4 rings (SSSR count). The number of benzene rings is 1. The van der Waals surface area contributed by atoms with Crippen molar-refractivity contribution in [3.8, 4) is 0 Å². The Kier molecular flexibility index (Phi) is 9.49. The number of rotatable bonds is 9. The first-order valence-corrected chi connectivity index (χ1v) is 15.9. The third kappa shape index (κ3) is 6.07. The van der Waals surface area contributed by atoms with Crippen LogP contribution in [0.15, 0.2) is 30.3 Å². The van der Waals surface area contributed by atoms with Gasteiger partial charge in [0.25, 0.3) is 0 Å². The molecule has 3 fully saturated rings. The van der Waals surface area contributed by atoms with E-state index in [1.807, 2.05) is 42.3 Å². The molecule has 0 bridgehead atoms. The van der Waals surface area contributed by atoms with Gasteiger partial charge in [0.1, 0.15) is 30.6 Å².